The van der Waals surface area contributed by atoms with Crippen LogP contribution < -0.4 is 20.9 Å². The van der Waals surface area contributed by atoms with Crippen molar-refractivity contribution in [2.24, 2.45) is 5.92 Å². The van der Waals surface area contributed by atoms with Crippen molar-refractivity contribution >= 4 is 39.2 Å². The number of thiocarbonyl (C=S) groups is 1. The van der Waals surface area contributed by atoms with E-state index in [0.29, 0.717) is 21.3 Å². The standard InChI is InChI=1S/C14H19BrFN3O2S/c1-9(2)5-6-17-14(22)19-18-13(20)8-21-12-4-3-10(16)7-11(12)15/h3-4,7,9H,5-6,8H2,1-2H3,(H,18,20)(H2,17,19,22). The molecule has 0 heterocycles. The molecule has 0 aliphatic carbocycles. The summed E-state index contributed by atoms with van der Waals surface area (Å²) in [6.07, 6.45) is 0.984. The summed E-state index contributed by atoms with van der Waals surface area (Å²) in [7, 11) is 0. The van der Waals surface area contributed by atoms with Crippen molar-refractivity contribution < 1.29 is 13.9 Å². The number of benzene rings is 1. The molecule has 22 heavy (non-hydrogen) atoms. The van der Waals surface area contributed by atoms with Crippen molar-refractivity contribution in [3.8, 4) is 5.75 Å². The largest absolute Gasteiger partial charge is 0.483 e. The lowest BCUT2D eigenvalue weighted by atomic mass is 10.1. The van der Waals surface area contributed by atoms with Gasteiger partial charge in [-0.25, -0.2) is 4.39 Å². The summed E-state index contributed by atoms with van der Waals surface area (Å²) in [5.41, 5.74) is 5.00. The molecule has 122 valence electrons. The zero-order valence-corrected chi connectivity index (χ0v) is 14.8. The molecule has 0 saturated carbocycles. The van der Waals surface area contributed by atoms with E-state index in [-0.39, 0.29) is 12.4 Å². The minimum Gasteiger partial charge on any atom is -0.483 e. The Balaban J connectivity index is 2.24. The van der Waals surface area contributed by atoms with Gasteiger partial charge in [0.15, 0.2) is 11.7 Å². The fourth-order valence-electron chi connectivity index (χ4n) is 1.42. The Hall–Kier alpha value is -1.41. The number of halogens is 2. The summed E-state index contributed by atoms with van der Waals surface area (Å²) in [5.74, 6) is 0.175. The first-order valence-electron chi connectivity index (χ1n) is 6.79. The second-order valence-corrected chi connectivity index (χ2v) is 6.24. The summed E-state index contributed by atoms with van der Waals surface area (Å²) in [6, 6.07) is 3.96. The van der Waals surface area contributed by atoms with Crippen LogP contribution in [0, 0.1) is 11.7 Å². The van der Waals surface area contributed by atoms with Gasteiger partial charge >= 0.3 is 0 Å². The van der Waals surface area contributed by atoms with Crippen LogP contribution in [-0.2, 0) is 4.79 Å². The van der Waals surface area contributed by atoms with E-state index in [1.807, 2.05) is 0 Å². The maximum absolute atomic E-state index is 12.9. The Morgan fingerprint density at radius 3 is 2.77 bits per heavy atom. The molecule has 0 aromatic heterocycles. The molecular weight excluding hydrogens is 373 g/mol. The topological polar surface area (TPSA) is 62.4 Å². The lowest BCUT2D eigenvalue weighted by molar-refractivity contribution is -0.123. The Morgan fingerprint density at radius 1 is 1.41 bits per heavy atom. The predicted molar refractivity (Wildman–Crippen MR) is 90.9 cm³/mol. The van der Waals surface area contributed by atoms with Crippen molar-refractivity contribution in [1.82, 2.24) is 16.2 Å². The van der Waals surface area contributed by atoms with Crippen molar-refractivity contribution in [3.05, 3.63) is 28.5 Å². The van der Waals surface area contributed by atoms with Crippen LogP contribution in [0.4, 0.5) is 4.39 Å². The van der Waals surface area contributed by atoms with Crippen LogP contribution in [0.5, 0.6) is 5.75 Å². The lowest BCUT2D eigenvalue weighted by Crippen LogP contribution is -2.48. The average molecular weight is 392 g/mol. The molecule has 1 aromatic carbocycles. The van der Waals surface area contributed by atoms with E-state index < -0.39 is 5.91 Å². The third-order valence-corrected chi connectivity index (χ3v) is 3.44. The summed E-state index contributed by atoms with van der Waals surface area (Å²) >= 11 is 8.17. The van der Waals surface area contributed by atoms with Crippen molar-refractivity contribution in [2.75, 3.05) is 13.2 Å². The molecular formula is C14H19BrFN3O2S. The highest BCUT2D eigenvalue weighted by Crippen LogP contribution is 2.25. The molecule has 0 aliphatic rings. The van der Waals surface area contributed by atoms with Crippen molar-refractivity contribution in [1.29, 1.82) is 0 Å². The van der Waals surface area contributed by atoms with Gasteiger partial charge in [0.25, 0.3) is 5.91 Å². The highest BCUT2D eigenvalue weighted by Gasteiger charge is 2.07. The number of carbonyl (C=O) groups is 1. The summed E-state index contributed by atoms with van der Waals surface area (Å²) in [6.45, 7) is 4.75. The van der Waals surface area contributed by atoms with E-state index in [1.54, 1.807) is 0 Å². The van der Waals surface area contributed by atoms with Crippen LogP contribution in [0.1, 0.15) is 20.3 Å². The third kappa shape index (κ3) is 7.56. The van der Waals surface area contributed by atoms with Crippen molar-refractivity contribution in [2.45, 2.75) is 20.3 Å². The summed E-state index contributed by atoms with van der Waals surface area (Å²) in [5, 5.41) is 3.32. The van der Waals surface area contributed by atoms with Gasteiger partial charge in [-0.1, -0.05) is 13.8 Å². The van der Waals surface area contributed by atoms with Gasteiger partial charge in [-0.15, -0.1) is 0 Å². The van der Waals surface area contributed by atoms with Gasteiger partial charge in [0.1, 0.15) is 11.6 Å². The molecule has 8 heteroatoms. The van der Waals surface area contributed by atoms with Gasteiger partial charge in [0.2, 0.25) is 0 Å². The van der Waals surface area contributed by atoms with E-state index >= 15 is 0 Å². The number of ether oxygens (including phenoxy) is 1. The van der Waals surface area contributed by atoms with Crippen LogP contribution in [0.25, 0.3) is 0 Å². The van der Waals surface area contributed by atoms with Crippen molar-refractivity contribution in [3.63, 3.8) is 0 Å². The van der Waals surface area contributed by atoms with Crippen LogP contribution in [-0.4, -0.2) is 24.2 Å². The third-order valence-electron chi connectivity index (χ3n) is 2.58. The van der Waals surface area contributed by atoms with Crippen LogP contribution >= 0.6 is 28.1 Å². The van der Waals surface area contributed by atoms with Gasteiger partial charge in [0, 0.05) is 6.54 Å². The molecule has 0 radical (unpaired) electrons. The van der Waals surface area contributed by atoms with Gasteiger partial charge in [0.05, 0.1) is 4.47 Å². The Labute approximate surface area is 143 Å². The number of hydrogen-bond acceptors (Lipinski definition) is 3. The molecule has 1 rings (SSSR count). The molecule has 0 bridgehead atoms. The zero-order chi connectivity index (χ0) is 16.5. The monoisotopic (exact) mass is 391 g/mol. The maximum Gasteiger partial charge on any atom is 0.276 e. The summed E-state index contributed by atoms with van der Waals surface area (Å²) in [4.78, 5) is 11.6. The highest BCUT2D eigenvalue weighted by molar-refractivity contribution is 9.10. The van der Waals surface area contributed by atoms with Crippen LogP contribution in [0.2, 0.25) is 0 Å². The van der Waals surface area contributed by atoms with Gasteiger partial charge in [-0.05, 0) is 58.7 Å². The molecule has 0 aliphatic heterocycles. The van der Waals surface area contributed by atoms with Gasteiger partial charge < -0.3 is 10.1 Å². The number of rotatable bonds is 6. The van der Waals surface area contributed by atoms with E-state index in [2.05, 4.69) is 45.9 Å². The molecule has 0 unspecified atom stereocenters. The quantitative estimate of drug-likeness (QED) is 0.513. The Bertz CT molecular complexity index is 529. The number of amides is 1. The first-order chi connectivity index (χ1) is 10.4. The molecule has 0 fully saturated rings. The minimum absolute atomic E-state index is 0.216. The fourth-order valence-corrected chi connectivity index (χ4v) is 2.04. The second kappa shape index (κ2) is 9.58. The van der Waals surface area contributed by atoms with E-state index in [4.69, 9.17) is 17.0 Å². The molecule has 0 atom stereocenters. The molecule has 1 amide bonds. The van der Waals surface area contributed by atoms with Crippen LogP contribution in [0.3, 0.4) is 0 Å². The van der Waals surface area contributed by atoms with E-state index in [9.17, 15) is 9.18 Å². The molecule has 1 aromatic rings. The zero-order valence-electron chi connectivity index (χ0n) is 12.4. The predicted octanol–water partition coefficient (Wildman–Crippen LogP) is 2.51. The van der Waals surface area contributed by atoms with E-state index in [1.165, 1.54) is 18.2 Å². The molecule has 3 N–H and O–H groups in total. The SMILES string of the molecule is CC(C)CCNC(=S)NNC(=O)COc1ccc(F)cc1Br. The maximum atomic E-state index is 12.9. The Morgan fingerprint density at radius 2 is 2.14 bits per heavy atom. The normalized spacial score (nSPS) is 10.2. The summed E-state index contributed by atoms with van der Waals surface area (Å²) < 4.78 is 18.6. The fraction of sp³-hybridized carbons (Fsp3) is 0.429. The lowest BCUT2D eigenvalue weighted by Gasteiger charge is -2.13. The number of nitrogens with one attached hydrogen (secondary N) is 3. The first kappa shape index (κ1) is 18.6. The number of hydrogen-bond donors (Lipinski definition) is 3. The van der Waals surface area contributed by atoms with Gasteiger partial charge in [-0.3, -0.25) is 15.6 Å². The minimum atomic E-state index is -0.399. The number of carbonyl (C=O) groups excluding carboxylic acids is 1. The molecule has 0 saturated heterocycles. The average Bonchev–Trinajstić information content (AvgIpc) is 2.43. The second-order valence-electron chi connectivity index (χ2n) is 4.98. The van der Waals surface area contributed by atoms with Gasteiger partial charge in [-0.2, -0.15) is 0 Å². The van der Waals surface area contributed by atoms with E-state index in [0.717, 1.165) is 13.0 Å². The first-order valence-corrected chi connectivity index (χ1v) is 7.99. The highest BCUT2D eigenvalue weighted by atomic mass is 79.9. The Kier molecular flexibility index (Phi) is 8.11. The molecule has 0 spiro atoms. The number of hydrazine groups is 1. The smallest absolute Gasteiger partial charge is 0.276 e. The molecule has 5 nitrogen and oxygen atoms in total. The van der Waals surface area contributed by atoms with Crippen LogP contribution in [0.15, 0.2) is 22.7 Å².